The van der Waals surface area contributed by atoms with Crippen LogP contribution < -0.4 is 0 Å². The second-order valence-corrected chi connectivity index (χ2v) is 15.0. The maximum absolute atomic E-state index is 6.73. The monoisotopic (exact) mass is 679 g/mol. The predicted molar refractivity (Wildman–Crippen MR) is 224 cm³/mol. The Kier molecular flexibility index (Phi) is 9.51. The van der Waals surface area contributed by atoms with Crippen molar-refractivity contribution in [3.05, 3.63) is 178 Å². The van der Waals surface area contributed by atoms with Crippen molar-refractivity contribution in [2.75, 3.05) is 0 Å². The second kappa shape index (κ2) is 14.2. The number of aryl methyl sites for hydroxylation is 6. The van der Waals surface area contributed by atoms with E-state index >= 15 is 0 Å². The van der Waals surface area contributed by atoms with Crippen LogP contribution in [0, 0.1) is 47.5 Å². The summed E-state index contributed by atoms with van der Waals surface area (Å²) in [4.78, 5) is 0. The number of furan rings is 1. The summed E-state index contributed by atoms with van der Waals surface area (Å²) in [5.74, 6) is 0.746. The van der Waals surface area contributed by atoms with Crippen LogP contribution in [0.25, 0.3) is 55.9 Å². The Labute approximate surface area is 309 Å². The first-order valence-corrected chi connectivity index (χ1v) is 18.4. The van der Waals surface area contributed by atoms with Crippen LogP contribution in [-0.4, -0.2) is 4.57 Å². The molecule has 8 aromatic rings. The molecule has 0 aliphatic heterocycles. The average Bonchev–Trinajstić information content (AvgIpc) is 3.64. The summed E-state index contributed by atoms with van der Waals surface area (Å²) in [6.45, 7) is 21.7. The maximum atomic E-state index is 6.73. The minimum atomic E-state index is 0.296. The zero-order valence-electron chi connectivity index (χ0n) is 31.8. The third-order valence-corrected chi connectivity index (χ3v) is 10.5. The van der Waals surface area contributed by atoms with Gasteiger partial charge in [0.05, 0.1) is 10.9 Å². The van der Waals surface area contributed by atoms with E-state index in [-0.39, 0.29) is 0 Å². The molecule has 2 aromatic heterocycles. The van der Waals surface area contributed by atoms with Crippen LogP contribution >= 0.6 is 0 Å². The predicted octanol–water partition coefficient (Wildman–Crippen LogP) is 14.2. The highest BCUT2D eigenvalue weighted by atomic mass is 16.3. The summed E-state index contributed by atoms with van der Waals surface area (Å²) < 4.78 is 8.99. The van der Waals surface area contributed by atoms with Crippen molar-refractivity contribution in [1.82, 2.24) is 4.57 Å². The number of hydrogen-bond donors (Lipinski definition) is 0. The summed E-state index contributed by atoms with van der Waals surface area (Å²) in [6.07, 6.45) is 2.01. The molecule has 0 aliphatic rings. The van der Waals surface area contributed by atoms with Crippen LogP contribution in [0.3, 0.4) is 0 Å². The van der Waals surface area contributed by atoms with E-state index < -0.39 is 0 Å². The van der Waals surface area contributed by atoms with E-state index in [1.54, 1.807) is 0 Å². The van der Waals surface area contributed by atoms with Crippen LogP contribution in [0.5, 0.6) is 0 Å². The summed E-state index contributed by atoms with van der Waals surface area (Å²) in [7, 11) is 0. The smallest absolute Gasteiger partial charge is 0.213 e. The minimum Gasteiger partial charge on any atom is -0.439 e. The molecule has 0 spiro atoms. The molecule has 1 unspecified atom stereocenters. The first kappa shape index (κ1) is 34.8. The van der Waals surface area contributed by atoms with E-state index in [0.717, 1.165) is 38.9 Å². The Morgan fingerprint density at radius 1 is 0.558 bits per heavy atom. The lowest BCUT2D eigenvalue weighted by Gasteiger charge is -2.26. The molecule has 2 heteroatoms. The fraction of sp³-hybridized carbons (Fsp3) is 0.200. The van der Waals surface area contributed by atoms with Gasteiger partial charge in [-0.2, -0.15) is 0 Å². The number of hydrogen-bond acceptors (Lipinski definition) is 1. The van der Waals surface area contributed by atoms with Gasteiger partial charge in [0.15, 0.2) is 0 Å². The van der Waals surface area contributed by atoms with E-state index in [4.69, 9.17) is 4.42 Å². The van der Waals surface area contributed by atoms with Crippen LogP contribution in [0.15, 0.2) is 132 Å². The Morgan fingerprint density at radius 3 is 1.73 bits per heavy atom. The lowest BCUT2D eigenvalue weighted by Crippen LogP contribution is -2.12. The van der Waals surface area contributed by atoms with Gasteiger partial charge in [-0.1, -0.05) is 134 Å². The summed E-state index contributed by atoms with van der Waals surface area (Å²) in [6, 6.07) is 44.2. The highest BCUT2D eigenvalue weighted by Crippen LogP contribution is 2.42. The second-order valence-electron chi connectivity index (χ2n) is 15.0. The number of rotatable bonds is 6. The van der Waals surface area contributed by atoms with Crippen molar-refractivity contribution < 1.29 is 4.42 Å². The topological polar surface area (TPSA) is 18.1 Å². The Morgan fingerprint density at radius 2 is 1.10 bits per heavy atom. The molecule has 0 bridgehead atoms. The highest BCUT2D eigenvalue weighted by Gasteiger charge is 2.23. The molecule has 2 heterocycles. The molecular formula is C50H49NO. The van der Waals surface area contributed by atoms with Crippen molar-refractivity contribution in [3.8, 4) is 16.8 Å². The van der Waals surface area contributed by atoms with Crippen LogP contribution in [0.4, 0.5) is 0 Å². The quantitative estimate of drug-likeness (QED) is 0.171. The van der Waals surface area contributed by atoms with Crippen molar-refractivity contribution in [3.63, 3.8) is 0 Å². The molecule has 0 fully saturated rings. The van der Waals surface area contributed by atoms with Gasteiger partial charge in [-0.25, -0.2) is 0 Å². The van der Waals surface area contributed by atoms with E-state index in [1.807, 2.05) is 6.08 Å². The van der Waals surface area contributed by atoms with Gasteiger partial charge in [0.2, 0.25) is 5.71 Å². The van der Waals surface area contributed by atoms with Crippen LogP contribution in [-0.2, 0) is 0 Å². The minimum absolute atomic E-state index is 0.296. The average molecular weight is 680 g/mol. The molecule has 0 radical (unpaired) electrons. The van der Waals surface area contributed by atoms with Gasteiger partial charge in [-0.05, 0) is 123 Å². The van der Waals surface area contributed by atoms with Crippen LogP contribution in [0.1, 0.15) is 69.8 Å². The zero-order valence-corrected chi connectivity index (χ0v) is 31.8. The van der Waals surface area contributed by atoms with E-state index in [1.165, 1.54) is 61.0 Å². The molecule has 52 heavy (non-hydrogen) atoms. The lowest BCUT2D eigenvalue weighted by atomic mass is 9.78. The Hall–Kier alpha value is -5.60. The van der Waals surface area contributed by atoms with Crippen molar-refractivity contribution in [1.29, 1.82) is 0 Å². The normalized spacial score (nSPS) is 12.0. The highest BCUT2D eigenvalue weighted by molar-refractivity contribution is 6.20. The third-order valence-electron chi connectivity index (χ3n) is 10.5. The molecule has 0 saturated heterocycles. The summed E-state index contributed by atoms with van der Waals surface area (Å²) in [5.41, 5.74) is 18.0. The number of benzene rings is 6. The van der Waals surface area contributed by atoms with Crippen LogP contribution in [0.2, 0.25) is 0 Å². The van der Waals surface area contributed by atoms with E-state index in [9.17, 15) is 0 Å². The van der Waals surface area contributed by atoms with Gasteiger partial charge in [0.25, 0.3) is 0 Å². The molecule has 6 aromatic carbocycles. The fourth-order valence-corrected chi connectivity index (χ4v) is 7.69. The van der Waals surface area contributed by atoms with Crippen molar-refractivity contribution >= 4 is 39.0 Å². The van der Waals surface area contributed by atoms with Gasteiger partial charge >= 0.3 is 0 Å². The number of fused-ring (bicyclic) bond motifs is 5. The zero-order chi connectivity index (χ0) is 36.7. The Bertz CT molecular complexity index is 2540. The number of nitrogens with zero attached hydrogens (tertiary/aromatic N) is 1. The first-order chi connectivity index (χ1) is 25.0. The van der Waals surface area contributed by atoms with E-state index in [2.05, 4.69) is 188 Å². The van der Waals surface area contributed by atoms with E-state index in [0.29, 0.717) is 11.8 Å². The summed E-state index contributed by atoms with van der Waals surface area (Å²) >= 11 is 0. The molecule has 0 saturated carbocycles. The van der Waals surface area contributed by atoms with Gasteiger partial charge in [-0.3, -0.25) is 4.57 Å². The van der Waals surface area contributed by atoms with Gasteiger partial charge in [0.1, 0.15) is 5.58 Å². The molecule has 260 valence electrons. The van der Waals surface area contributed by atoms with Gasteiger partial charge in [0, 0.05) is 22.4 Å². The largest absolute Gasteiger partial charge is 0.439 e. The van der Waals surface area contributed by atoms with Crippen molar-refractivity contribution in [2.45, 2.75) is 61.3 Å². The molecule has 8 rings (SSSR count). The standard InChI is InChI=1S/C42H39NO.C8H10/c1-8-30-23-31(13-19-35(30)40(25(2)3)34-17-11-27(5)21-29(34)7)32-14-20-37-39(24-32)44-42-41(37)36-18-12-28(6)22-38(36)43(42)33-15-9-26(4)10-16-33;1-7-3-5-8(2)6-4-7/h8-25,40H,1H2,2-7H3;3-6H,1-2H3. The first-order valence-electron chi connectivity index (χ1n) is 18.4. The van der Waals surface area contributed by atoms with Gasteiger partial charge in [-0.15, -0.1) is 0 Å². The fourth-order valence-electron chi connectivity index (χ4n) is 7.69. The molecular weight excluding hydrogens is 631 g/mol. The molecule has 0 aliphatic carbocycles. The Balaban J connectivity index is 0.000000466. The molecule has 0 N–H and O–H groups in total. The molecule has 0 amide bonds. The third kappa shape index (κ3) is 6.62. The SMILES string of the molecule is C=Cc1cc(-c2ccc3c(c2)oc2c3c3ccc(C)cc3n2-c2ccc(C)cc2)ccc1C(c1ccc(C)cc1C)C(C)C.Cc1ccc(C)cc1. The summed E-state index contributed by atoms with van der Waals surface area (Å²) in [5, 5.41) is 3.51. The van der Waals surface area contributed by atoms with Crippen molar-refractivity contribution in [2.24, 2.45) is 5.92 Å². The number of aromatic nitrogens is 1. The lowest BCUT2D eigenvalue weighted by molar-refractivity contribution is 0.561. The molecule has 2 nitrogen and oxygen atoms in total. The maximum Gasteiger partial charge on any atom is 0.213 e. The molecule has 1 atom stereocenters. The van der Waals surface area contributed by atoms with Gasteiger partial charge < -0.3 is 4.42 Å².